The van der Waals surface area contributed by atoms with Crippen molar-refractivity contribution in [1.82, 2.24) is 0 Å². The second kappa shape index (κ2) is 12.9. The molecule has 0 aliphatic carbocycles. The first-order valence-corrected chi connectivity index (χ1v) is 10.2. The molecule has 0 heterocycles. The fourth-order valence-electron chi connectivity index (χ4n) is 2.78. The summed E-state index contributed by atoms with van der Waals surface area (Å²) in [5.41, 5.74) is 4.37. The average Bonchev–Trinajstić information content (AvgIpc) is 2.61. The Hall–Kier alpha value is -1.39. The van der Waals surface area contributed by atoms with Crippen molar-refractivity contribution >= 4 is 28.9 Å². The summed E-state index contributed by atoms with van der Waals surface area (Å²) in [6, 6.07) is 2.03. The lowest BCUT2D eigenvalue weighted by molar-refractivity contribution is 0.135. The maximum Gasteiger partial charge on any atom is 0.125 e. The molecule has 0 aliphatic heterocycles. The number of unbranched alkanes of at least 4 members (excludes halogenated alkanes) is 1. The van der Waals surface area contributed by atoms with Gasteiger partial charge in [0, 0.05) is 11.1 Å². The summed E-state index contributed by atoms with van der Waals surface area (Å²) in [5, 5.41) is 3.93. The summed E-state index contributed by atoms with van der Waals surface area (Å²) in [6.07, 6.45) is 5.22. The van der Waals surface area contributed by atoms with Crippen LogP contribution in [0.2, 0.25) is 0 Å². The summed E-state index contributed by atoms with van der Waals surface area (Å²) in [7, 11) is 0. The molecule has 1 aromatic carbocycles. The molecule has 0 N–H and O–H groups in total. The van der Waals surface area contributed by atoms with Gasteiger partial charge in [0.25, 0.3) is 0 Å². The highest BCUT2D eigenvalue weighted by Crippen LogP contribution is 2.35. The fraction of sp³-hybridized carbons (Fsp3) is 0.571. The lowest BCUT2D eigenvalue weighted by Gasteiger charge is -2.20. The van der Waals surface area contributed by atoms with Crippen molar-refractivity contribution in [3.63, 3.8) is 0 Å². The summed E-state index contributed by atoms with van der Waals surface area (Å²) >= 11 is 11.3. The highest BCUT2D eigenvalue weighted by Gasteiger charge is 2.16. The van der Waals surface area contributed by atoms with Crippen LogP contribution in [0.5, 0.6) is 11.5 Å². The van der Waals surface area contributed by atoms with Crippen LogP contribution in [0.25, 0.3) is 0 Å². The maximum absolute atomic E-state index is 6.13. The smallest absolute Gasteiger partial charge is 0.125 e. The molecule has 0 fully saturated rings. The predicted octanol–water partition coefficient (Wildman–Crippen LogP) is 6.39. The summed E-state index contributed by atoms with van der Waals surface area (Å²) < 4.78 is 12.2. The van der Waals surface area contributed by atoms with E-state index in [0.717, 1.165) is 48.5 Å². The van der Waals surface area contributed by atoms with Crippen LogP contribution in [0.3, 0.4) is 0 Å². The van der Waals surface area contributed by atoms with Crippen LogP contribution in [0.4, 0.5) is 0 Å². The third kappa shape index (κ3) is 8.44. The zero-order valence-corrected chi connectivity index (χ0v) is 18.5. The minimum absolute atomic E-state index is 0.212. The van der Waals surface area contributed by atoms with Gasteiger partial charge in [0.15, 0.2) is 0 Å². The van der Waals surface area contributed by atoms with Crippen molar-refractivity contribution in [3.05, 3.63) is 33.3 Å². The SMILES string of the molecule is CCc1c(OCC=C(Cl)Cl)cc(C)c(OCCCCON=C(C)C)c1CC. The van der Waals surface area contributed by atoms with E-state index in [9.17, 15) is 0 Å². The minimum atomic E-state index is 0.212. The van der Waals surface area contributed by atoms with E-state index < -0.39 is 0 Å². The fourth-order valence-corrected chi connectivity index (χ4v) is 2.90. The Morgan fingerprint density at radius 1 is 1.04 bits per heavy atom. The molecule has 152 valence electrons. The molecule has 0 radical (unpaired) electrons. The minimum Gasteiger partial charge on any atom is -0.493 e. The van der Waals surface area contributed by atoms with Crippen LogP contribution in [-0.4, -0.2) is 25.5 Å². The first kappa shape index (κ1) is 23.6. The Morgan fingerprint density at radius 3 is 2.30 bits per heavy atom. The third-order valence-corrected chi connectivity index (χ3v) is 4.26. The number of halogens is 2. The number of aryl methyl sites for hydroxylation is 1. The molecule has 6 heteroatoms. The highest BCUT2D eigenvalue weighted by atomic mass is 35.5. The van der Waals surface area contributed by atoms with E-state index >= 15 is 0 Å². The molecule has 0 aliphatic rings. The van der Waals surface area contributed by atoms with Gasteiger partial charge in [-0.1, -0.05) is 42.2 Å². The van der Waals surface area contributed by atoms with Crippen molar-refractivity contribution in [1.29, 1.82) is 0 Å². The van der Waals surface area contributed by atoms with E-state index in [-0.39, 0.29) is 4.49 Å². The highest BCUT2D eigenvalue weighted by molar-refractivity contribution is 6.55. The van der Waals surface area contributed by atoms with Gasteiger partial charge in [-0.15, -0.1) is 0 Å². The largest absolute Gasteiger partial charge is 0.493 e. The molecular weight excluding hydrogens is 385 g/mol. The maximum atomic E-state index is 6.13. The second-order valence-corrected chi connectivity index (χ2v) is 7.42. The lowest BCUT2D eigenvalue weighted by Crippen LogP contribution is -2.08. The van der Waals surface area contributed by atoms with E-state index in [1.807, 2.05) is 26.8 Å². The monoisotopic (exact) mass is 415 g/mol. The number of hydrogen-bond acceptors (Lipinski definition) is 4. The Balaban J connectivity index is 2.76. The van der Waals surface area contributed by atoms with Crippen molar-refractivity contribution in [2.45, 2.75) is 60.3 Å². The van der Waals surface area contributed by atoms with Crippen LogP contribution in [0.15, 0.2) is 21.8 Å². The van der Waals surface area contributed by atoms with Crippen LogP contribution in [0, 0.1) is 6.92 Å². The zero-order chi connectivity index (χ0) is 20.2. The summed E-state index contributed by atoms with van der Waals surface area (Å²) in [6.45, 7) is 11.7. The topological polar surface area (TPSA) is 40.0 Å². The van der Waals surface area contributed by atoms with Crippen molar-refractivity contribution < 1.29 is 14.3 Å². The Bertz CT molecular complexity index is 649. The number of nitrogens with zero attached hydrogens (tertiary/aromatic N) is 1. The van der Waals surface area contributed by atoms with Crippen LogP contribution in [0.1, 0.15) is 57.2 Å². The molecule has 1 aromatic rings. The van der Waals surface area contributed by atoms with Gasteiger partial charge in [-0.3, -0.25) is 0 Å². The van der Waals surface area contributed by atoms with Gasteiger partial charge in [0.1, 0.15) is 29.2 Å². The number of oxime groups is 1. The lowest BCUT2D eigenvalue weighted by atomic mass is 9.97. The van der Waals surface area contributed by atoms with Gasteiger partial charge >= 0.3 is 0 Å². The molecular formula is C21H31Cl2NO3. The molecule has 0 amide bonds. The van der Waals surface area contributed by atoms with Gasteiger partial charge in [-0.2, -0.15) is 0 Å². The van der Waals surface area contributed by atoms with Crippen LogP contribution >= 0.6 is 23.2 Å². The van der Waals surface area contributed by atoms with Gasteiger partial charge in [-0.25, -0.2) is 0 Å². The molecule has 0 bridgehead atoms. The zero-order valence-electron chi connectivity index (χ0n) is 17.0. The number of benzene rings is 1. The molecule has 0 aromatic heterocycles. The first-order valence-electron chi connectivity index (χ1n) is 9.45. The normalized spacial score (nSPS) is 10.3. The van der Waals surface area contributed by atoms with E-state index in [4.69, 9.17) is 37.5 Å². The molecule has 1 rings (SSSR count). The summed E-state index contributed by atoms with van der Waals surface area (Å²) in [5.74, 6) is 1.84. The van der Waals surface area contributed by atoms with E-state index in [1.54, 1.807) is 6.08 Å². The molecule has 0 saturated heterocycles. The van der Waals surface area contributed by atoms with E-state index in [2.05, 4.69) is 19.0 Å². The molecule has 0 saturated carbocycles. The van der Waals surface area contributed by atoms with Gasteiger partial charge in [-0.05, 0) is 64.2 Å². The first-order chi connectivity index (χ1) is 12.9. The van der Waals surface area contributed by atoms with Crippen LogP contribution < -0.4 is 9.47 Å². The number of ether oxygens (including phenoxy) is 2. The Morgan fingerprint density at radius 2 is 1.70 bits per heavy atom. The second-order valence-electron chi connectivity index (χ2n) is 6.42. The predicted molar refractivity (Wildman–Crippen MR) is 115 cm³/mol. The number of hydrogen-bond donors (Lipinski definition) is 0. The summed E-state index contributed by atoms with van der Waals surface area (Å²) in [4.78, 5) is 5.21. The molecule has 27 heavy (non-hydrogen) atoms. The van der Waals surface area contributed by atoms with Crippen LogP contribution in [-0.2, 0) is 17.7 Å². The Labute approximate surface area is 173 Å². The standard InChI is InChI=1S/C21H31Cl2NO3/c1-6-17-18(7-2)21(26-11-8-9-12-27-24-15(3)4)16(5)14-19(17)25-13-10-20(22)23/h10,14H,6-9,11-13H2,1-5H3. The van der Waals surface area contributed by atoms with Gasteiger partial charge in [0.05, 0.1) is 12.3 Å². The van der Waals surface area contributed by atoms with E-state index in [1.165, 1.54) is 11.1 Å². The van der Waals surface area contributed by atoms with Crippen molar-refractivity contribution in [2.75, 3.05) is 19.8 Å². The van der Waals surface area contributed by atoms with Crippen molar-refractivity contribution in [2.24, 2.45) is 5.16 Å². The molecule has 4 nitrogen and oxygen atoms in total. The van der Waals surface area contributed by atoms with Gasteiger partial charge in [0.2, 0.25) is 0 Å². The molecule has 0 unspecified atom stereocenters. The molecule has 0 atom stereocenters. The average molecular weight is 416 g/mol. The van der Waals surface area contributed by atoms with Crippen molar-refractivity contribution in [3.8, 4) is 11.5 Å². The quantitative estimate of drug-likeness (QED) is 0.225. The Kier molecular flexibility index (Phi) is 11.3. The third-order valence-electron chi connectivity index (χ3n) is 3.95. The number of rotatable bonds is 12. The van der Waals surface area contributed by atoms with Gasteiger partial charge < -0.3 is 14.3 Å². The molecule has 0 spiro atoms. The van der Waals surface area contributed by atoms with E-state index in [0.29, 0.717) is 19.8 Å².